The van der Waals surface area contributed by atoms with E-state index in [0.29, 0.717) is 0 Å². The molecule has 0 aliphatic rings. The van der Waals surface area contributed by atoms with Crippen molar-refractivity contribution in [3.05, 3.63) is 23.7 Å². The molecular weight excluding hydrogens is 206 g/mol. The monoisotopic (exact) mass is 225 g/mol. The van der Waals surface area contributed by atoms with Gasteiger partial charge in [0.1, 0.15) is 5.76 Å². The van der Waals surface area contributed by atoms with Gasteiger partial charge in [0, 0.05) is 0 Å². The van der Waals surface area contributed by atoms with Gasteiger partial charge >= 0.3 is 5.97 Å². The molecule has 1 N–H and O–H groups in total. The summed E-state index contributed by atoms with van der Waals surface area (Å²) in [6.07, 6.45) is 2.05. The highest BCUT2D eigenvalue weighted by molar-refractivity contribution is 5.86. The van der Waals surface area contributed by atoms with Crippen molar-refractivity contribution < 1.29 is 13.9 Å². The van der Waals surface area contributed by atoms with E-state index in [2.05, 4.69) is 17.0 Å². The Bertz CT molecular complexity index is 327. The first-order valence-electron chi connectivity index (χ1n) is 5.64. The summed E-state index contributed by atoms with van der Waals surface area (Å²) in [5.41, 5.74) is 0. The fourth-order valence-electron chi connectivity index (χ4n) is 1.63. The second-order valence-electron chi connectivity index (χ2n) is 3.59. The van der Waals surface area contributed by atoms with Gasteiger partial charge in [0.25, 0.3) is 0 Å². The first-order valence-corrected chi connectivity index (χ1v) is 5.64. The Kier molecular flexibility index (Phi) is 5.05. The van der Waals surface area contributed by atoms with Crippen LogP contribution in [0, 0.1) is 0 Å². The van der Waals surface area contributed by atoms with E-state index in [9.17, 15) is 4.79 Å². The predicted octanol–water partition coefficient (Wildman–Crippen LogP) is 2.52. The number of carbonyl (C=O) groups excluding carboxylic acids is 1. The van der Waals surface area contributed by atoms with Gasteiger partial charge in [0.2, 0.25) is 5.76 Å². The fraction of sp³-hybridized carbons (Fsp3) is 0.583. The maximum atomic E-state index is 11.2. The van der Waals surface area contributed by atoms with Gasteiger partial charge in [-0.25, -0.2) is 4.79 Å². The molecule has 4 heteroatoms. The zero-order valence-corrected chi connectivity index (χ0v) is 10.1. The van der Waals surface area contributed by atoms with Gasteiger partial charge in [0.05, 0.1) is 13.2 Å². The Morgan fingerprint density at radius 2 is 2.25 bits per heavy atom. The fourth-order valence-corrected chi connectivity index (χ4v) is 1.63. The van der Waals surface area contributed by atoms with Crippen molar-refractivity contribution in [1.29, 1.82) is 0 Å². The highest BCUT2D eigenvalue weighted by Crippen LogP contribution is 2.21. The molecule has 0 aromatic carbocycles. The average Bonchev–Trinajstić information content (AvgIpc) is 2.77. The number of carbonyl (C=O) groups is 1. The molecule has 4 nitrogen and oxygen atoms in total. The van der Waals surface area contributed by atoms with Crippen molar-refractivity contribution in [2.75, 3.05) is 13.7 Å². The van der Waals surface area contributed by atoms with Crippen LogP contribution in [-0.4, -0.2) is 19.6 Å². The molecule has 0 radical (unpaired) electrons. The van der Waals surface area contributed by atoms with E-state index < -0.39 is 5.97 Å². The number of hydrogen-bond acceptors (Lipinski definition) is 4. The SMILES string of the molecule is CCCC(NCC)c1ccc(C(=O)OC)o1. The first-order chi connectivity index (χ1) is 7.72. The predicted molar refractivity (Wildman–Crippen MR) is 61.4 cm³/mol. The van der Waals surface area contributed by atoms with Gasteiger partial charge < -0.3 is 14.5 Å². The molecule has 1 aromatic heterocycles. The van der Waals surface area contributed by atoms with Crippen LogP contribution in [0.1, 0.15) is 49.0 Å². The van der Waals surface area contributed by atoms with Gasteiger partial charge in [-0.15, -0.1) is 0 Å². The van der Waals surface area contributed by atoms with E-state index in [0.717, 1.165) is 25.1 Å². The number of methoxy groups -OCH3 is 1. The number of esters is 1. The van der Waals surface area contributed by atoms with Crippen LogP contribution in [0.2, 0.25) is 0 Å². The molecule has 16 heavy (non-hydrogen) atoms. The minimum absolute atomic E-state index is 0.174. The summed E-state index contributed by atoms with van der Waals surface area (Å²) in [6, 6.07) is 3.66. The van der Waals surface area contributed by atoms with Crippen LogP contribution >= 0.6 is 0 Å². The van der Waals surface area contributed by atoms with E-state index in [1.54, 1.807) is 6.07 Å². The van der Waals surface area contributed by atoms with Crippen molar-refractivity contribution in [3.8, 4) is 0 Å². The summed E-state index contributed by atoms with van der Waals surface area (Å²) in [5, 5.41) is 3.32. The zero-order chi connectivity index (χ0) is 12.0. The Morgan fingerprint density at radius 3 is 2.81 bits per heavy atom. The van der Waals surface area contributed by atoms with Gasteiger partial charge in [-0.05, 0) is 25.1 Å². The summed E-state index contributed by atoms with van der Waals surface area (Å²) in [4.78, 5) is 11.2. The lowest BCUT2D eigenvalue weighted by molar-refractivity contribution is 0.0562. The van der Waals surface area contributed by atoms with Crippen LogP contribution in [0.5, 0.6) is 0 Å². The summed E-state index contributed by atoms with van der Waals surface area (Å²) in [7, 11) is 1.35. The van der Waals surface area contributed by atoms with Crippen molar-refractivity contribution in [3.63, 3.8) is 0 Å². The number of ether oxygens (including phenoxy) is 1. The molecular formula is C12H19NO3. The quantitative estimate of drug-likeness (QED) is 0.756. The van der Waals surface area contributed by atoms with Crippen molar-refractivity contribution in [2.24, 2.45) is 0 Å². The summed E-state index contributed by atoms with van der Waals surface area (Å²) in [6.45, 7) is 5.04. The second-order valence-corrected chi connectivity index (χ2v) is 3.59. The second kappa shape index (κ2) is 6.33. The minimum Gasteiger partial charge on any atom is -0.463 e. The lowest BCUT2D eigenvalue weighted by Crippen LogP contribution is -2.20. The molecule has 1 rings (SSSR count). The number of furan rings is 1. The molecule has 0 aliphatic heterocycles. The van der Waals surface area contributed by atoms with Gasteiger partial charge in [-0.1, -0.05) is 20.3 Å². The maximum Gasteiger partial charge on any atom is 0.373 e. The molecule has 0 bridgehead atoms. The molecule has 0 aliphatic carbocycles. The molecule has 1 unspecified atom stereocenters. The molecule has 1 aromatic rings. The maximum absolute atomic E-state index is 11.2. The molecule has 1 atom stereocenters. The third-order valence-corrected chi connectivity index (χ3v) is 2.38. The first kappa shape index (κ1) is 12.8. The molecule has 0 amide bonds. The third-order valence-electron chi connectivity index (χ3n) is 2.38. The molecule has 0 saturated heterocycles. The smallest absolute Gasteiger partial charge is 0.373 e. The third kappa shape index (κ3) is 3.10. The highest BCUT2D eigenvalue weighted by Gasteiger charge is 2.17. The van der Waals surface area contributed by atoms with Crippen LogP contribution in [-0.2, 0) is 4.74 Å². The molecule has 0 saturated carbocycles. The van der Waals surface area contributed by atoms with E-state index in [4.69, 9.17) is 4.42 Å². The van der Waals surface area contributed by atoms with Crippen LogP contribution < -0.4 is 5.32 Å². The summed E-state index contributed by atoms with van der Waals surface area (Å²) >= 11 is 0. The zero-order valence-electron chi connectivity index (χ0n) is 10.1. The van der Waals surface area contributed by atoms with E-state index in [1.807, 2.05) is 13.0 Å². The van der Waals surface area contributed by atoms with Crippen LogP contribution in [0.25, 0.3) is 0 Å². The Labute approximate surface area is 96.0 Å². The molecule has 90 valence electrons. The number of rotatable bonds is 6. The number of nitrogens with one attached hydrogen (secondary N) is 1. The van der Waals surface area contributed by atoms with Crippen LogP contribution in [0.4, 0.5) is 0 Å². The average molecular weight is 225 g/mol. The van der Waals surface area contributed by atoms with Crippen molar-refractivity contribution in [2.45, 2.75) is 32.7 Å². The standard InChI is InChI=1S/C12H19NO3/c1-4-6-9(13-5-2)10-7-8-11(16-10)12(14)15-3/h7-9,13H,4-6H2,1-3H3. The summed E-state index contributed by atoms with van der Waals surface area (Å²) < 4.78 is 10.1. The number of hydrogen-bond donors (Lipinski definition) is 1. The minimum atomic E-state index is -0.432. The Balaban J connectivity index is 2.76. The van der Waals surface area contributed by atoms with E-state index in [1.165, 1.54) is 7.11 Å². The molecule has 0 fully saturated rings. The van der Waals surface area contributed by atoms with Gasteiger partial charge in [-0.2, -0.15) is 0 Å². The topological polar surface area (TPSA) is 51.5 Å². The van der Waals surface area contributed by atoms with Gasteiger partial charge in [0.15, 0.2) is 0 Å². The summed E-state index contributed by atoms with van der Waals surface area (Å²) in [5.74, 6) is 0.624. The normalized spacial score (nSPS) is 12.4. The van der Waals surface area contributed by atoms with Crippen molar-refractivity contribution in [1.82, 2.24) is 5.32 Å². The van der Waals surface area contributed by atoms with Gasteiger partial charge in [-0.3, -0.25) is 0 Å². The molecule has 0 spiro atoms. The largest absolute Gasteiger partial charge is 0.463 e. The Hall–Kier alpha value is -1.29. The lowest BCUT2D eigenvalue weighted by Gasteiger charge is -2.13. The highest BCUT2D eigenvalue weighted by atomic mass is 16.5. The lowest BCUT2D eigenvalue weighted by atomic mass is 10.1. The Morgan fingerprint density at radius 1 is 1.50 bits per heavy atom. The van der Waals surface area contributed by atoms with Crippen LogP contribution in [0.3, 0.4) is 0 Å². The van der Waals surface area contributed by atoms with Crippen molar-refractivity contribution >= 4 is 5.97 Å². The van der Waals surface area contributed by atoms with E-state index in [-0.39, 0.29) is 11.8 Å². The molecule has 1 heterocycles. The van der Waals surface area contributed by atoms with E-state index >= 15 is 0 Å². The van der Waals surface area contributed by atoms with Crippen LogP contribution in [0.15, 0.2) is 16.5 Å².